The molecule has 8 heteroatoms. The zero-order valence-corrected chi connectivity index (χ0v) is 13.8. The first-order valence-electron chi connectivity index (χ1n) is 7.89. The Morgan fingerprint density at radius 1 is 1.24 bits per heavy atom. The van der Waals surface area contributed by atoms with Crippen LogP contribution in [0.15, 0.2) is 36.4 Å². The summed E-state index contributed by atoms with van der Waals surface area (Å²) in [6.45, 7) is 1.09. The van der Waals surface area contributed by atoms with Crippen LogP contribution in [0.25, 0.3) is 0 Å². The lowest BCUT2D eigenvalue weighted by Gasteiger charge is -2.25. The van der Waals surface area contributed by atoms with Gasteiger partial charge in [0.1, 0.15) is 5.82 Å². The second kappa shape index (κ2) is 5.57. The van der Waals surface area contributed by atoms with Crippen LogP contribution in [-0.2, 0) is 11.6 Å². The fourth-order valence-electron chi connectivity index (χ4n) is 4.19. The molecule has 2 aromatic rings. The van der Waals surface area contributed by atoms with E-state index >= 15 is 0 Å². The van der Waals surface area contributed by atoms with Gasteiger partial charge in [-0.1, -0.05) is 30.3 Å². The molecule has 1 aliphatic carbocycles. The Morgan fingerprint density at radius 2 is 1.96 bits per heavy atom. The number of hydrogen-bond acceptors (Lipinski definition) is 4. The van der Waals surface area contributed by atoms with Crippen LogP contribution in [0.4, 0.5) is 19.0 Å². The van der Waals surface area contributed by atoms with E-state index in [2.05, 4.69) is 9.97 Å². The summed E-state index contributed by atoms with van der Waals surface area (Å²) in [6.07, 6.45) is -4.57. The van der Waals surface area contributed by atoms with Crippen LogP contribution in [0.1, 0.15) is 11.3 Å². The Bertz CT molecular complexity index is 801. The van der Waals surface area contributed by atoms with E-state index in [-0.39, 0.29) is 29.7 Å². The molecule has 0 bridgehead atoms. The molecular weight excluding hydrogens is 355 g/mol. The van der Waals surface area contributed by atoms with Gasteiger partial charge in [0, 0.05) is 31.2 Å². The predicted octanol–water partition coefficient (Wildman–Crippen LogP) is 3.15. The lowest BCUT2D eigenvalue weighted by Crippen LogP contribution is -2.31. The van der Waals surface area contributed by atoms with E-state index < -0.39 is 17.2 Å². The smallest absolute Gasteiger partial charge is 0.396 e. The van der Waals surface area contributed by atoms with Crippen molar-refractivity contribution in [1.29, 1.82) is 0 Å². The van der Waals surface area contributed by atoms with Crippen LogP contribution in [0.2, 0.25) is 5.28 Å². The standard InChI is InChI=1S/C17H15ClF3N3O/c18-15-22-13(17(19,20)21)6-14(23-15)24-7-11-12(8-25)16(11,9-24)10-4-2-1-3-5-10/h1-6,11-12,25H,7-9H2. The first-order chi connectivity index (χ1) is 11.9. The van der Waals surface area contributed by atoms with Gasteiger partial charge in [-0.2, -0.15) is 13.2 Å². The van der Waals surface area contributed by atoms with Crippen LogP contribution in [-0.4, -0.2) is 34.8 Å². The molecule has 4 rings (SSSR count). The number of rotatable bonds is 3. The van der Waals surface area contributed by atoms with Gasteiger partial charge in [0.05, 0.1) is 0 Å². The number of nitrogens with zero attached hydrogens (tertiary/aromatic N) is 3. The largest absolute Gasteiger partial charge is 0.433 e. The summed E-state index contributed by atoms with van der Waals surface area (Å²) in [5, 5.41) is 9.26. The quantitative estimate of drug-likeness (QED) is 0.844. The predicted molar refractivity (Wildman–Crippen MR) is 86.4 cm³/mol. The highest BCUT2D eigenvalue weighted by Crippen LogP contribution is 2.64. The van der Waals surface area contributed by atoms with Crippen LogP contribution in [0, 0.1) is 11.8 Å². The van der Waals surface area contributed by atoms with Gasteiger partial charge in [-0.05, 0) is 29.0 Å². The molecule has 1 aliphatic heterocycles. The minimum Gasteiger partial charge on any atom is -0.396 e. The highest BCUT2D eigenvalue weighted by Gasteiger charge is 2.69. The minimum atomic E-state index is -4.57. The first kappa shape index (κ1) is 16.6. The third-order valence-corrected chi connectivity index (χ3v) is 5.55. The Kier molecular flexibility index (Phi) is 3.70. The summed E-state index contributed by atoms with van der Waals surface area (Å²) in [4.78, 5) is 9.05. The van der Waals surface area contributed by atoms with Crippen molar-refractivity contribution in [2.45, 2.75) is 11.6 Å². The van der Waals surface area contributed by atoms with Gasteiger partial charge >= 0.3 is 6.18 Å². The summed E-state index contributed by atoms with van der Waals surface area (Å²) in [6, 6.07) is 10.7. The van der Waals surface area contributed by atoms with Crippen LogP contribution < -0.4 is 4.90 Å². The maximum absolute atomic E-state index is 13.0. The Balaban J connectivity index is 1.67. The van der Waals surface area contributed by atoms with Gasteiger partial charge < -0.3 is 10.0 Å². The summed E-state index contributed by atoms with van der Waals surface area (Å²) in [7, 11) is 0. The number of hydrogen-bond donors (Lipinski definition) is 1. The highest BCUT2D eigenvalue weighted by molar-refractivity contribution is 6.28. The van der Waals surface area contributed by atoms with Crippen molar-refractivity contribution in [1.82, 2.24) is 9.97 Å². The Morgan fingerprint density at radius 3 is 2.60 bits per heavy atom. The molecule has 3 atom stereocenters. The van der Waals surface area contributed by atoms with E-state index in [1.54, 1.807) is 4.90 Å². The molecule has 2 heterocycles. The average molecular weight is 370 g/mol. The molecule has 132 valence electrons. The molecule has 2 fully saturated rings. The number of anilines is 1. The summed E-state index contributed by atoms with van der Waals surface area (Å²) >= 11 is 5.70. The second-order valence-electron chi connectivity index (χ2n) is 6.56. The van der Waals surface area contributed by atoms with E-state index in [1.807, 2.05) is 30.3 Å². The molecule has 1 saturated heterocycles. The Hall–Kier alpha value is -1.86. The zero-order chi connectivity index (χ0) is 17.8. The molecule has 1 aromatic heterocycles. The molecule has 2 aliphatic rings. The first-order valence-corrected chi connectivity index (χ1v) is 8.27. The van der Waals surface area contributed by atoms with Crippen molar-refractivity contribution in [2.24, 2.45) is 11.8 Å². The van der Waals surface area contributed by atoms with Gasteiger partial charge in [0.2, 0.25) is 5.28 Å². The normalized spacial score (nSPS) is 28.1. The number of fused-ring (bicyclic) bond motifs is 1. The molecule has 0 radical (unpaired) electrons. The van der Waals surface area contributed by atoms with Crippen molar-refractivity contribution < 1.29 is 18.3 Å². The van der Waals surface area contributed by atoms with Crippen molar-refractivity contribution in [3.63, 3.8) is 0 Å². The lowest BCUT2D eigenvalue weighted by molar-refractivity contribution is -0.141. The highest BCUT2D eigenvalue weighted by atomic mass is 35.5. The number of alkyl halides is 3. The zero-order valence-electron chi connectivity index (χ0n) is 13.0. The number of piperidine rings is 1. The molecule has 1 N–H and O–H groups in total. The van der Waals surface area contributed by atoms with Gasteiger partial charge in [0.25, 0.3) is 0 Å². The topological polar surface area (TPSA) is 49.2 Å². The maximum atomic E-state index is 13.0. The van der Waals surface area contributed by atoms with Gasteiger partial charge in [0.15, 0.2) is 5.69 Å². The third-order valence-electron chi connectivity index (χ3n) is 5.38. The van der Waals surface area contributed by atoms with Crippen molar-refractivity contribution in [2.75, 3.05) is 24.6 Å². The monoisotopic (exact) mass is 369 g/mol. The molecule has 3 unspecified atom stereocenters. The Labute approximate surface area is 147 Å². The fourth-order valence-corrected chi connectivity index (χ4v) is 4.37. The van der Waals surface area contributed by atoms with Crippen molar-refractivity contribution in [3.8, 4) is 0 Å². The van der Waals surface area contributed by atoms with Crippen LogP contribution in [0.5, 0.6) is 0 Å². The van der Waals surface area contributed by atoms with Gasteiger partial charge in [-0.15, -0.1) is 0 Å². The number of aliphatic hydroxyl groups is 1. The molecule has 25 heavy (non-hydrogen) atoms. The number of benzene rings is 1. The number of aromatic nitrogens is 2. The molecule has 0 spiro atoms. The molecule has 1 saturated carbocycles. The SMILES string of the molecule is OCC1C2CN(c3cc(C(F)(F)F)nc(Cl)n3)CC12c1ccccc1. The van der Waals surface area contributed by atoms with Gasteiger partial charge in [-0.25, -0.2) is 9.97 Å². The van der Waals surface area contributed by atoms with Crippen LogP contribution >= 0.6 is 11.6 Å². The van der Waals surface area contributed by atoms with Crippen molar-refractivity contribution >= 4 is 17.4 Å². The van der Waals surface area contributed by atoms with E-state index in [0.717, 1.165) is 11.6 Å². The summed E-state index contributed by atoms with van der Waals surface area (Å²) < 4.78 is 38.9. The van der Waals surface area contributed by atoms with Crippen LogP contribution in [0.3, 0.4) is 0 Å². The average Bonchev–Trinajstić information content (AvgIpc) is 3.01. The van der Waals surface area contributed by atoms with Crippen molar-refractivity contribution in [3.05, 3.63) is 52.9 Å². The lowest BCUT2D eigenvalue weighted by atomic mass is 9.93. The second-order valence-corrected chi connectivity index (χ2v) is 6.90. The van der Waals surface area contributed by atoms with E-state index in [1.165, 1.54) is 0 Å². The van der Waals surface area contributed by atoms with E-state index in [9.17, 15) is 18.3 Å². The molecule has 0 amide bonds. The molecule has 4 nitrogen and oxygen atoms in total. The van der Waals surface area contributed by atoms with E-state index in [4.69, 9.17) is 11.6 Å². The van der Waals surface area contributed by atoms with E-state index in [0.29, 0.717) is 13.1 Å². The maximum Gasteiger partial charge on any atom is 0.433 e. The molecule has 1 aromatic carbocycles. The summed E-state index contributed by atoms with van der Waals surface area (Å²) in [5.41, 5.74) is -0.195. The van der Waals surface area contributed by atoms with Gasteiger partial charge in [-0.3, -0.25) is 0 Å². The molecular formula is C17H15ClF3N3O. The third kappa shape index (κ3) is 2.57. The minimum absolute atomic E-state index is 0.0612. The summed E-state index contributed by atoms with van der Waals surface area (Å²) in [5.74, 6) is 0.472. The number of aliphatic hydroxyl groups excluding tert-OH is 1. The number of halogens is 4. The fraction of sp³-hybridized carbons (Fsp3) is 0.412.